The number of hydrogen-bond acceptors (Lipinski definition) is 2. The molecule has 0 heterocycles. The van der Waals surface area contributed by atoms with Crippen LogP contribution >= 0.6 is 0 Å². The van der Waals surface area contributed by atoms with Crippen molar-refractivity contribution in [1.29, 1.82) is 0 Å². The van der Waals surface area contributed by atoms with Crippen molar-refractivity contribution >= 4 is 0 Å². The molecule has 12 heavy (non-hydrogen) atoms. The second-order valence-corrected chi connectivity index (χ2v) is 2.74. The van der Waals surface area contributed by atoms with Crippen LogP contribution in [0.15, 0.2) is 23.2 Å². The topological polar surface area (TPSA) is 18.5 Å². The molecular formula is C10H18O2. The Morgan fingerprint density at radius 2 is 1.75 bits per heavy atom. The fourth-order valence-electron chi connectivity index (χ4n) is 0.859. The van der Waals surface area contributed by atoms with Crippen molar-refractivity contribution < 1.29 is 9.47 Å². The minimum Gasteiger partial charge on any atom is -0.501 e. The maximum absolute atomic E-state index is 5.17. The van der Waals surface area contributed by atoms with Gasteiger partial charge in [0, 0.05) is 12.5 Å². The molecule has 0 rings (SSSR count). The van der Waals surface area contributed by atoms with Gasteiger partial charge in [-0.25, -0.2) is 0 Å². The third-order valence-electron chi connectivity index (χ3n) is 1.62. The van der Waals surface area contributed by atoms with Crippen LogP contribution < -0.4 is 0 Å². The van der Waals surface area contributed by atoms with Crippen molar-refractivity contribution in [2.45, 2.75) is 27.2 Å². The molecule has 0 unspecified atom stereocenters. The zero-order valence-electron chi connectivity index (χ0n) is 8.60. The first kappa shape index (κ1) is 11.1. The van der Waals surface area contributed by atoms with Crippen molar-refractivity contribution in [2.75, 3.05) is 14.2 Å². The van der Waals surface area contributed by atoms with Crippen LogP contribution in [0.4, 0.5) is 0 Å². The summed E-state index contributed by atoms with van der Waals surface area (Å²) in [7, 11) is 3.34. The van der Waals surface area contributed by atoms with Crippen molar-refractivity contribution in [3.05, 3.63) is 23.2 Å². The van der Waals surface area contributed by atoms with Crippen molar-refractivity contribution in [2.24, 2.45) is 0 Å². The molecule has 0 saturated carbocycles. The van der Waals surface area contributed by atoms with Crippen LogP contribution in [0.3, 0.4) is 0 Å². The molecule has 0 aliphatic carbocycles. The van der Waals surface area contributed by atoms with Gasteiger partial charge < -0.3 is 9.47 Å². The predicted octanol–water partition coefficient (Wildman–Crippen LogP) is 2.87. The fraction of sp³-hybridized carbons (Fsp3) is 0.600. The number of allylic oxidation sites excluding steroid dienone is 3. The van der Waals surface area contributed by atoms with Gasteiger partial charge in [0.25, 0.3) is 0 Å². The van der Waals surface area contributed by atoms with E-state index in [-0.39, 0.29) is 0 Å². The lowest BCUT2D eigenvalue weighted by atomic mass is 10.2. The fourth-order valence-corrected chi connectivity index (χ4v) is 0.859. The Labute approximate surface area is 74.9 Å². The highest BCUT2D eigenvalue weighted by Gasteiger charge is 1.97. The van der Waals surface area contributed by atoms with Gasteiger partial charge in [0.1, 0.15) is 5.76 Å². The van der Waals surface area contributed by atoms with E-state index in [9.17, 15) is 0 Å². The lowest BCUT2D eigenvalue weighted by Crippen LogP contribution is -1.90. The first-order valence-electron chi connectivity index (χ1n) is 4.11. The molecule has 0 aliphatic heterocycles. The molecule has 0 atom stereocenters. The highest BCUT2D eigenvalue weighted by atomic mass is 16.5. The van der Waals surface area contributed by atoms with Crippen LogP contribution in [-0.2, 0) is 9.47 Å². The molecule has 0 N–H and O–H groups in total. The smallest absolute Gasteiger partial charge is 0.120 e. The molecular weight excluding hydrogens is 152 g/mol. The van der Waals surface area contributed by atoms with Crippen LogP contribution in [0.5, 0.6) is 0 Å². The highest BCUT2D eigenvalue weighted by molar-refractivity contribution is 5.19. The highest BCUT2D eigenvalue weighted by Crippen LogP contribution is 2.11. The van der Waals surface area contributed by atoms with Crippen LogP contribution in [0.1, 0.15) is 27.2 Å². The molecule has 0 aliphatic rings. The Balaban J connectivity index is 4.56. The van der Waals surface area contributed by atoms with Gasteiger partial charge in [-0.05, 0) is 19.4 Å². The molecule has 0 amide bonds. The summed E-state index contributed by atoms with van der Waals surface area (Å²) >= 11 is 0. The average molecular weight is 170 g/mol. The summed E-state index contributed by atoms with van der Waals surface area (Å²) in [5, 5.41) is 0. The molecule has 0 aromatic heterocycles. The minimum atomic E-state index is 0.883. The Morgan fingerprint density at radius 1 is 1.17 bits per heavy atom. The lowest BCUT2D eigenvalue weighted by molar-refractivity contribution is 0.266. The Bertz CT molecular complexity index is 180. The van der Waals surface area contributed by atoms with Gasteiger partial charge in [-0.2, -0.15) is 0 Å². The molecule has 2 nitrogen and oxygen atoms in total. The van der Waals surface area contributed by atoms with E-state index < -0.39 is 0 Å². The van der Waals surface area contributed by atoms with E-state index in [1.807, 2.05) is 26.8 Å². The molecule has 0 aromatic carbocycles. The average Bonchev–Trinajstić information content (AvgIpc) is 2.06. The van der Waals surface area contributed by atoms with Gasteiger partial charge in [0.05, 0.1) is 20.0 Å². The summed E-state index contributed by atoms with van der Waals surface area (Å²) in [6, 6.07) is 0. The van der Waals surface area contributed by atoms with E-state index in [1.54, 1.807) is 14.2 Å². The second-order valence-electron chi connectivity index (χ2n) is 2.74. The maximum Gasteiger partial charge on any atom is 0.120 e. The Morgan fingerprint density at radius 3 is 2.00 bits per heavy atom. The Kier molecular flexibility index (Phi) is 5.26. The monoisotopic (exact) mass is 170 g/mol. The molecule has 0 spiro atoms. The predicted molar refractivity (Wildman–Crippen MR) is 50.8 cm³/mol. The first-order chi connectivity index (χ1) is 5.65. The van der Waals surface area contributed by atoms with E-state index in [1.165, 1.54) is 0 Å². The summed E-state index contributed by atoms with van der Waals surface area (Å²) in [5.41, 5.74) is 1.15. The second kappa shape index (κ2) is 5.70. The third kappa shape index (κ3) is 3.46. The molecule has 2 heteroatoms. The van der Waals surface area contributed by atoms with Crippen molar-refractivity contribution in [3.63, 3.8) is 0 Å². The van der Waals surface area contributed by atoms with E-state index in [4.69, 9.17) is 9.47 Å². The SMILES string of the molecule is CC/C(=C\C(OC)=C(C)C)OC. The summed E-state index contributed by atoms with van der Waals surface area (Å²) in [6.45, 7) is 6.07. The largest absolute Gasteiger partial charge is 0.501 e. The van der Waals surface area contributed by atoms with E-state index in [0.29, 0.717) is 0 Å². The van der Waals surface area contributed by atoms with Gasteiger partial charge in [-0.3, -0.25) is 0 Å². The van der Waals surface area contributed by atoms with Gasteiger partial charge in [-0.1, -0.05) is 6.92 Å². The summed E-state index contributed by atoms with van der Waals surface area (Å²) < 4.78 is 10.3. The van der Waals surface area contributed by atoms with Crippen molar-refractivity contribution in [3.8, 4) is 0 Å². The number of methoxy groups -OCH3 is 2. The van der Waals surface area contributed by atoms with Gasteiger partial charge in [0.2, 0.25) is 0 Å². The summed E-state index contributed by atoms with van der Waals surface area (Å²) in [6.07, 6.45) is 2.81. The first-order valence-corrected chi connectivity index (χ1v) is 4.11. The van der Waals surface area contributed by atoms with E-state index in [2.05, 4.69) is 0 Å². The minimum absolute atomic E-state index is 0.883. The number of rotatable bonds is 4. The van der Waals surface area contributed by atoms with E-state index in [0.717, 1.165) is 23.5 Å². The normalized spacial score (nSPS) is 10.9. The van der Waals surface area contributed by atoms with Crippen LogP contribution in [-0.4, -0.2) is 14.2 Å². The Hall–Kier alpha value is -0.920. The zero-order valence-corrected chi connectivity index (χ0v) is 8.60. The third-order valence-corrected chi connectivity index (χ3v) is 1.62. The van der Waals surface area contributed by atoms with Gasteiger partial charge in [0.15, 0.2) is 0 Å². The molecule has 0 saturated heterocycles. The maximum atomic E-state index is 5.17. The zero-order chi connectivity index (χ0) is 9.56. The summed E-state index contributed by atoms with van der Waals surface area (Å²) in [5.74, 6) is 1.82. The van der Waals surface area contributed by atoms with Crippen molar-refractivity contribution in [1.82, 2.24) is 0 Å². The molecule has 0 radical (unpaired) electrons. The number of hydrogen-bond donors (Lipinski definition) is 0. The lowest BCUT2D eigenvalue weighted by Gasteiger charge is -2.06. The van der Waals surface area contributed by atoms with E-state index >= 15 is 0 Å². The number of ether oxygens (including phenoxy) is 2. The quantitative estimate of drug-likeness (QED) is 0.477. The summed E-state index contributed by atoms with van der Waals surface area (Å²) in [4.78, 5) is 0. The van der Waals surface area contributed by atoms with Crippen LogP contribution in [0, 0.1) is 0 Å². The molecule has 0 aromatic rings. The molecule has 0 fully saturated rings. The van der Waals surface area contributed by atoms with Gasteiger partial charge in [-0.15, -0.1) is 0 Å². The standard InChI is InChI=1S/C10H18O2/c1-6-9(11-4)7-10(12-5)8(2)3/h7H,6H2,1-5H3/b9-7+. The van der Waals surface area contributed by atoms with Gasteiger partial charge >= 0.3 is 0 Å². The van der Waals surface area contributed by atoms with Crippen LogP contribution in [0.2, 0.25) is 0 Å². The molecule has 70 valence electrons. The molecule has 0 bridgehead atoms. The van der Waals surface area contributed by atoms with Crippen LogP contribution in [0.25, 0.3) is 0 Å².